The number of nitrogens with zero attached hydrogens (tertiary/aromatic N) is 2. The molecule has 2 aromatic carbocycles. The molecule has 0 saturated heterocycles. The van der Waals surface area contributed by atoms with E-state index in [1.54, 1.807) is 31.2 Å². The average Bonchev–Trinajstić information content (AvgIpc) is 2.83. The molecule has 192 valence electrons. The number of rotatable bonds is 13. The van der Waals surface area contributed by atoms with E-state index < -0.39 is 28.5 Å². The van der Waals surface area contributed by atoms with Crippen molar-refractivity contribution in [2.24, 2.45) is 0 Å². The first-order chi connectivity index (χ1) is 16.6. The normalized spacial score (nSPS) is 12.9. The summed E-state index contributed by atoms with van der Waals surface area (Å²) in [4.78, 5) is 27.8. The van der Waals surface area contributed by atoms with Crippen LogP contribution in [0.3, 0.4) is 0 Å². The van der Waals surface area contributed by atoms with E-state index in [4.69, 9.17) is 4.74 Å². The van der Waals surface area contributed by atoms with Crippen LogP contribution in [0.4, 0.5) is 5.69 Å². The number of benzene rings is 2. The summed E-state index contributed by atoms with van der Waals surface area (Å²) < 4.78 is 31.7. The van der Waals surface area contributed by atoms with Gasteiger partial charge in [0.1, 0.15) is 18.3 Å². The molecular weight excluding hydrogens is 466 g/mol. The van der Waals surface area contributed by atoms with Gasteiger partial charge >= 0.3 is 0 Å². The summed E-state index contributed by atoms with van der Waals surface area (Å²) in [6.07, 6.45) is 2.36. The van der Waals surface area contributed by atoms with E-state index in [9.17, 15) is 18.0 Å². The zero-order valence-electron chi connectivity index (χ0n) is 21.2. The van der Waals surface area contributed by atoms with Gasteiger partial charge in [-0.3, -0.25) is 13.9 Å². The minimum Gasteiger partial charge on any atom is -0.494 e. The average molecular weight is 504 g/mol. The van der Waals surface area contributed by atoms with Gasteiger partial charge in [-0.25, -0.2) is 8.42 Å². The standard InChI is InChI=1S/C26H37N3O5S/c1-6-20(3)27-26(31)21(4)28(18-17-22-11-9-8-10-12-22)25(30)19-29(35(5,32)33)23-13-15-24(16-14-23)34-7-2/h8-16,20-21H,6-7,17-19H2,1-5H3,(H,27,31)/t20-,21+/m0/s1. The molecule has 0 aliphatic heterocycles. The largest absolute Gasteiger partial charge is 0.494 e. The molecule has 0 aromatic heterocycles. The molecule has 0 aliphatic rings. The highest BCUT2D eigenvalue weighted by Gasteiger charge is 2.30. The van der Waals surface area contributed by atoms with Crippen molar-refractivity contribution >= 4 is 27.5 Å². The highest BCUT2D eigenvalue weighted by Crippen LogP contribution is 2.22. The number of hydrogen-bond acceptors (Lipinski definition) is 5. The molecule has 0 unspecified atom stereocenters. The lowest BCUT2D eigenvalue weighted by molar-refractivity contribution is -0.139. The van der Waals surface area contributed by atoms with Gasteiger partial charge in [-0.1, -0.05) is 37.3 Å². The summed E-state index contributed by atoms with van der Waals surface area (Å²) in [5.74, 6) is -0.115. The molecule has 0 saturated carbocycles. The smallest absolute Gasteiger partial charge is 0.244 e. The third-order valence-electron chi connectivity index (χ3n) is 5.77. The Labute approximate surface area is 209 Å². The second kappa shape index (κ2) is 13.1. The Kier molecular flexibility index (Phi) is 10.6. The van der Waals surface area contributed by atoms with E-state index in [0.717, 1.165) is 22.5 Å². The number of carbonyl (C=O) groups excluding carboxylic acids is 2. The van der Waals surface area contributed by atoms with E-state index in [-0.39, 0.29) is 18.5 Å². The van der Waals surface area contributed by atoms with Crippen LogP contribution in [0, 0.1) is 0 Å². The fourth-order valence-corrected chi connectivity index (χ4v) is 4.37. The third kappa shape index (κ3) is 8.58. The summed E-state index contributed by atoms with van der Waals surface area (Å²) in [5.41, 5.74) is 1.37. The lowest BCUT2D eigenvalue weighted by atomic mass is 10.1. The number of carbonyl (C=O) groups is 2. The van der Waals surface area contributed by atoms with Gasteiger partial charge in [0.25, 0.3) is 0 Å². The molecule has 0 aliphatic carbocycles. The van der Waals surface area contributed by atoms with Crippen LogP contribution < -0.4 is 14.4 Å². The maximum Gasteiger partial charge on any atom is 0.244 e. The van der Waals surface area contributed by atoms with Crippen molar-refractivity contribution in [1.29, 1.82) is 0 Å². The molecule has 0 spiro atoms. The van der Waals surface area contributed by atoms with Crippen molar-refractivity contribution in [3.63, 3.8) is 0 Å². The van der Waals surface area contributed by atoms with Gasteiger partial charge in [-0.2, -0.15) is 0 Å². The molecule has 0 heterocycles. The molecule has 1 N–H and O–H groups in total. The Morgan fingerprint density at radius 2 is 1.63 bits per heavy atom. The zero-order chi connectivity index (χ0) is 26.0. The number of sulfonamides is 1. The summed E-state index contributed by atoms with van der Waals surface area (Å²) in [5, 5.41) is 2.92. The Bertz CT molecular complexity index is 1060. The molecule has 8 nitrogen and oxygen atoms in total. The molecular formula is C26H37N3O5S. The number of nitrogens with one attached hydrogen (secondary N) is 1. The first-order valence-electron chi connectivity index (χ1n) is 11.9. The van der Waals surface area contributed by atoms with Crippen molar-refractivity contribution in [2.75, 3.05) is 30.3 Å². The van der Waals surface area contributed by atoms with Gasteiger partial charge < -0.3 is 15.0 Å². The highest BCUT2D eigenvalue weighted by atomic mass is 32.2. The van der Waals surface area contributed by atoms with Gasteiger partial charge in [-0.05, 0) is 63.4 Å². The van der Waals surface area contributed by atoms with Gasteiger partial charge in [-0.15, -0.1) is 0 Å². The zero-order valence-corrected chi connectivity index (χ0v) is 22.0. The van der Waals surface area contributed by atoms with E-state index in [2.05, 4.69) is 5.32 Å². The van der Waals surface area contributed by atoms with Gasteiger partial charge in [0.05, 0.1) is 18.6 Å². The van der Waals surface area contributed by atoms with Crippen LogP contribution in [0.15, 0.2) is 54.6 Å². The molecule has 2 amide bonds. The lowest BCUT2D eigenvalue weighted by Gasteiger charge is -2.32. The Morgan fingerprint density at radius 3 is 2.17 bits per heavy atom. The maximum absolute atomic E-state index is 13.5. The first-order valence-corrected chi connectivity index (χ1v) is 13.8. The van der Waals surface area contributed by atoms with Gasteiger partial charge in [0.2, 0.25) is 21.8 Å². The predicted octanol–water partition coefficient (Wildman–Crippen LogP) is 3.23. The second-order valence-electron chi connectivity index (χ2n) is 8.51. The SMILES string of the molecule is CCOc1ccc(N(CC(=O)N(CCc2ccccc2)[C@H](C)C(=O)N[C@@H](C)CC)S(C)(=O)=O)cc1. The van der Waals surface area contributed by atoms with Crippen LogP contribution in [-0.2, 0) is 26.0 Å². The minimum absolute atomic E-state index is 0.0348. The van der Waals surface area contributed by atoms with Crippen LogP contribution in [0.2, 0.25) is 0 Å². The van der Waals surface area contributed by atoms with Crippen LogP contribution in [0.5, 0.6) is 5.75 Å². The molecule has 2 rings (SSSR count). The molecule has 0 bridgehead atoms. The summed E-state index contributed by atoms with van der Waals surface area (Å²) in [6, 6.07) is 15.4. The minimum atomic E-state index is -3.76. The van der Waals surface area contributed by atoms with Crippen LogP contribution >= 0.6 is 0 Å². The summed E-state index contributed by atoms with van der Waals surface area (Å²) >= 11 is 0. The first kappa shape index (κ1) is 28.2. The van der Waals surface area contributed by atoms with Crippen molar-refractivity contribution in [3.05, 3.63) is 60.2 Å². The van der Waals surface area contributed by atoms with Crippen molar-refractivity contribution in [1.82, 2.24) is 10.2 Å². The molecule has 0 radical (unpaired) electrons. The van der Waals surface area contributed by atoms with E-state index >= 15 is 0 Å². The molecule has 0 fully saturated rings. The topological polar surface area (TPSA) is 96.0 Å². The van der Waals surface area contributed by atoms with Crippen molar-refractivity contribution < 1.29 is 22.7 Å². The summed E-state index contributed by atoms with van der Waals surface area (Å²) in [6.45, 7) is 7.75. The van der Waals surface area contributed by atoms with Crippen LogP contribution in [0.1, 0.15) is 39.7 Å². The van der Waals surface area contributed by atoms with Crippen LogP contribution in [-0.4, -0.2) is 63.2 Å². The Hall–Kier alpha value is -3.07. The van der Waals surface area contributed by atoms with E-state index in [1.165, 1.54) is 4.90 Å². The number of amides is 2. The molecule has 2 atom stereocenters. The number of ether oxygens (including phenoxy) is 1. The quantitative estimate of drug-likeness (QED) is 0.453. The Balaban J connectivity index is 2.29. The number of anilines is 1. The molecule has 2 aromatic rings. The van der Waals surface area contributed by atoms with Crippen molar-refractivity contribution in [2.45, 2.75) is 52.6 Å². The van der Waals surface area contributed by atoms with Crippen LogP contribution in [0.25, 0.3) is 0 Å². The lowest BCUT2D eigenvalue weighted by Crippen LogP contribution is -2.53. The van der Waals surface area contributed by atoms with Gasteiger partial charge in [0, 0.05) is 12.6 Å². The predicted molar refractivity (Wildman–Crippen MR) is 139 cm³/mol. The summed E-state index contributed by atoms with van der Waals surface area (Å²) in [7, 11) is -3.76. The second-order valence-corrected chi connectivity index (χ2v) is 10.4. The Morgan fingerprint density at radius 1 is 1.00 bits per heavy atom. The molecule has 35 heavy (non-hydrogen) atoms. The maximum atomic E-state index is 13.5. The van der Waals surface area contributed by atoms with E-state index in [0.29, 0.717) is 24.5 Å². The van der Waals surface area contributed by atoms with Crippen molar-refractivity contribution in [3.8, 4) is 5.75 Å². The fourth-order valence-electron chi connectivity index (χ4n) is 3.52. The fraction of sp³-hybridized carbons (Fsp3) is 0.462. The number of hydrogen-bond donors (Lipinski definition) is 1. The highest BCUT2D eigenvalue weighted by molar-refractivity contribution is 7.92. The third-order valence-corrected chi connectivity index (χ3v) is 6.91. The van der Waals surface area contributed by atoms with E-state index in [1.807, 2.05) is 51.1 Å². The molecule has 9 heteroatoms. The van der Waals surface area contributed by atoms with Gasteiger partial charge in [0.15, 0.2) is 0 Å². The monoisotopic (exact) mass is 503 g/mol.